The van der Waals surface area contributed by atoms with Gasteiger partial charge in [-0.15, -0.1) is 11.3 Å². The fourth-order valence-corrected chi connectivity index (χ4v) is 4.70. The Morgan fingerprint density at radius 3 is 2.46 bits per heavy atom. The fraction of sp³-hybridized carbons (Fsp3) is 0.706. The molecule has 2 saturated carbocycles. The molecule has 3 rings (SSSR count). The minimum Gasteiger partial charge on any atom is -0.481 e. The Morgan fingerprint density at radius 2 is 1.79 bits per heavy atom. The Kier molecular flexibility index (Phi) is 5.71. The van der Waals surface area contributed by atoms with Crippen molar-refractivity contribution in [3.63, 3.8) is 0 Å². The highest BCUT2D eigenvalue weighted by atomic mass is 32.1. The van der Waals surface area contributed by atoms with Crippen molar-refractivity contribution in [2.45, 2.75) is 69.7 Å². The summed E-state index contributed by atoms with van der Waals surface area (Å²) in [6, 6.07) is -0.184. The van der Waals surface area contributed by atoms with Gasteiger partial charge in [0.2, 0.25) is 0 Å². The van der Waals surface area contributed by atoms with E-state index in [1.165, 1.54) is 37.0 Å². The number of urea groups is 1. The quantitative estimate of drug-likeness (QED) is 0.766. The zero-order chi connectivity index (χ0) is 16.9. The van der Waals surface area contributed by atoms with E-state index in [9.17, 15) is 9.59 Å². The van der Waals surface area contributed by atoms with Crippen LogP contribution in [0.25, 0.3) is 0 Å². The summed E-state index contributed by atoms with van der Waals surface area (Å²) in [6.45, 7) is 0. The molecule has 2 fully saturated rings. The second-order valence-electron chi connectivity index (χ2n) is 6.89. The third-order valence-electron chi connectivity index (χ3n) is 5.16. The Labute approximate surface area is 146 Å². The number of nitrogens with one attached hydrogen (secondary N) is 2. The minimum absolute atomic E-state index is 0.0541. The Hall–Kier alpha value is -1.63. The number of thiazole rings is 1. The molecule has 0 atom stereocenters. The van der Waals surface area contributed by atoms with Gasteiger partial charge in [0.05, 0.1) is 5.92 Å². The normalized spacial score (nSPS) is 25.2. The van der Waals surface area contributed by atoms with Gasteiger partial charge < -0.3 is 10.4 Å². The third kappa shape index (κ3) is 4.47. The van der Waals surface area contributed by atoms with Gasteiger partial charge in [0.25, 0.3) is 0 Å². The highest BCUT2D eigenvalue weighted by molar-refractivity contribution is 7.15. The largest absolute Gasteiger partial charge is 0.481 e. The van der Waals surface area contributed by atoms with Crippen molar-refractivity contribution < 1.29 is 14.7 Å². The standard InChI is InChI=1S/C17H25N3O3S/c21-15(22)12-6-8-13(9-7-12)19-16(23)20-17-18-10-14(24-17)11-4-2-1-3-5-11/h10-13H,1-9H2,(H,21,22)(H2,18,19,20,23). The lowest BCUT2D eigenvalue weighted by Gasteiger charge is -2.26. The van der Waals surface area contributed by atoms with Crippen molar-refractivity contribution in [2.75, 3.05) is 5.32 Å². The molecule has 0 saturated heterocycles. The predicted octanol–water partition coefficient (Wildman–Crippen LogP) is 3.96. The number of aliphatic carboxylic acids is 1. The van der Waals surface area contributed by atoms with Gasteiger partial charge in [0, 0.05) is 17.1 Å². The lowest BCUT2D eigenvalue weighted by Crippen LogP contribution is -2.40. The Morgan fingerprint density at radius 1 is 1.08 bits per heavy atom. The molecule has 0 aliphatic heterocycles. The van der Waals surface area contributed by atoms with Crippen molar-refractivity contribution in [3.05, 3.63) is 11.1 Å². The summed E-state index contributed by atoms with van der Waals surface area (Å²) < 4.78 is 0. The molecule has 132 valence electrons. The number of anilines is 1. The number of carboxylic acids is 1. The maximum Gasteiger partial charge on any atom is 0.321 e. The van der Waals surface area contributed by atoms with E-state index in [-0.39, 0.29) is 18.0 Å². The van der Waals surface area contributed by atoms with Crippen molar-refractivity contribution in [1.29, 1.82) is 0 Å². The van der Waals surface area contributed by atoms with E-state index in [4.69, 9.17) is 5.11 Å². The molecule has 1 aromatic heterocycles. The van der Waals surface area contributed by atoms with Crippen LogP contribution in [0.5, 0.6) is 0 Å². The fourth-order valence-electron chi connectivity index (χ4n) is 3.72. The summed E-state index contributed by atoms with van der Waals surface area (Å²) in [5, 5.41) is 15.4. The van der Waals surface area contributed by atoms with Gasteiger partial charge >= 0.3 is 12.0 Å². The Bertz CT molecular complexity index is 575. The second-order valence-corrected chi connectivity index (χ2v) is 7.95. The molecule has 1 aromatic rings. The average molecular weight is 351 g/mol. The monoisotopic (exact) mass is 351 g/mol. The lowest BCUT2D eigenvalue weighted by molar-refractivity contribution is -0.142. The maximum atomic E-state index is 12.1. The third-order valence-corrected chi connectivity index (χ3v) is 6.24. The van der Waals surface area contributed by atoms with Gasteiger partial charge in [-0.3, -0.25) is 10.1 Å². The summed E-state index contributed by atoms with van der Waals surface area (Å²) in [5.74, 6) is -0.389. The number of carboxylic acid groups (broad SMARTS) is 1. The lowest BCUT2D eigenvalue weighted by atomic mass is 9.86. The van der Waals surface area contributed by atoms with E-state index < -0.39 is 5.97 Å². The van der Waals surface area contributed by atoms with Gasteiger partial charge in [0.1, 0.15) is 0 Å². The SMILES string of the molecule is O=C(Nc1ncc(C2CCCCC2)s1)NC1CCC(C(=O)O)CC1. The zero-order valence-electron chi connectivity index (χ0n) is 13.8. The van der Waals surface area contributed by atoms with Crippen LogP contribution in [0.1, 0.15) is 68.6 Å². The molecule has 3 N–H and O–H groups in total. The molecule has 0 bridgehead atoms. The molecule has 0 aromatic carbocycles. The number of nitrogens with zero attached hydrogens (tertiary/aromatic N) is 1. The number of amides is 2. The van der Waals surface area contributed by atoms with E-state index in [1.807, 2.05) is 6.20 Å². The molecule has 0 unspecified atom stereocenters. The van der Waals surface area contributed by atoms with E-state index in [1.54, 1.807) is 11.3 Å². The first-order chi connectivity index (χ1) is 11.6. The number of carbonyl (C=O) groups is 2. The van der Waals surface area contributed by atoms with Crippen LogP contribution in [0.15, 0.2) is 6.20 Å². The molecule has 24 heavy (non-hydrogen) atoms. The van der Waals surface area contributed by atoms with Gasteiger partial charge in [-0.25, -0.2) is 9.78 Å². The maximum absolute atomic E-state index is 12.1. The summed E-state index contributed by atoms with van der Waals surface area (Å²) >= 11 is 1.57. The molecule has 6 nitrogen and oxygen atoms in total. The number of rotatable bonds is 4. The van der Waals surface area contributed by atoms with E-state index in [0.717, 1.165) is 12.8 Å². The van der Waals surface area contributed by atoms with Gasteiger partial charge in [0.15, 0.2) is 5.13 Å². The molecule has 2 aliphatic carbocycles. The minimum atomic E-state index is -0.726. The van der Waals surface area contributed by atoms with E-state index in [0.29, 0.717) is 23.9 Å². The number of hydrogen-bond donors (Lipinski definition) is 3. The highest BCUT2D eigenvalue weighted by Crippen LogP contribution is 2.36. The van der Waals surface area contributed by atoms with Crippen molar-refractivity contribution >= 4 is 28.5 Å². The summed E-state index contributed by atoms with van der Waals surface area (Å²) in [4.78, 5) is 28.7. The van der Waals surface area contributed by atoms with Gasteiger partial charge in [-0.1, -0.05) is 19.3 Å². The van der Waals surface area contributed by atoms with Crippen LogP contribution in [-0.4, -0.2) is 28.1 Å². The Balaban J connectivity index is 1.45. The first kappa shape index (κ1) is 17.2. The average Bonchev–Trinajstić information content (AvgIpc) is 3.04. The smallest absolute Gasteiger partial charge is 0.321 e. The topological polar surface area (TPSA) is 91.3 Å². The van der Waals surface area contributed by atoms with E-state index >= 15 is 0 Å². The van der Waals surface area contributed by atoms with Crippen molar-refractivity contribution in [2.24, 2.45) is 5.92 Å². The number of carbonyl (C=O) groups excluding carboxylic acids is 1. The molecular weight excluding hydrogens is 326 g/mol. The van der Waals surface area contributed by atoms with Crippen LogP contribution in [-0.2, 0) is 4.79 Å². The van der Waals surface area contributed by atoms with Crippen molar-refractivity contribution in [1.82, 2.24) is 10.3 Å². The van der Waals surface area contributed by atoms with Crippen LogP contribution in [0.2, 0.25) is 0 Å². The molecule has 2 amide bonds. The van der Waals surface area contributed by atoms with Gasteiger partial charge in [-0.05, 0) is 44.4 Å². The second kappa shape index (κ2) is 7.96. The van der Waals surface area contributed by atoms with Gasteiger partial charge in [-0.2, -0.15) is 0 Å². The summed E-state index contributed by atoms with van der Waals surface area (Å²) in [7, 11) is 0. The summed E-state index contributed by atoms with van der Waals surface area (Å²) in [6.07, 6.45) is 10.9. The van der Waals surface area contributed by atoms with Crippen LogP contribution in [0, 0.1) is 5.92 Å². The summed E-state index contributed by atoms with van der Waals surface area (Å²) in [5.41, 5.74) is 0. The van der Waals surface area contributed by atoms with Crippen LogP contribution >= 0.6 is 11.3 Å². The zero-order valence-corrected chi connectivity index (χ0v) is 14.6. The molecule has 1 heterocycles. The van der Waals surface area contributed by atoms with Crippen LogP contribution < -0.4 is 10.6 Å². The van der Waals surface area contributed by atoms with E-state index in [2.05, 4.69) is 15.6 Å². The highest BCUT2D eigenvalue weighted by Gasteiger charge is 2.27. The molecule has 0 radical (unpaired) electrons. The van der Waals surface area contributed by atoms with Crippen LogP contribution in [0.3, 0.4) is 0 Å². The molecule has 7 heteroatoms. The molecule has 0 spiro atoms. The van der Waals surface area contributed by atoms with Crippen molar-refractivity contribution in [3.8, 4) is 0 Å². The molecular formula is C17H25N3O3S. The van der Waals surface area contributed by atoms with Crippen LogP contribution in [0.4, 0.5) is 9.93 Å². The first-order valence-electron chi connectivity index (χ1n) is 8.88. The number of aromatic nitrogens is 1. The predicted molar refractivity (Wildman–Crippen MR) is 93.5 cm³/mol. The number of hydrogen-bond acceptors (Lipinski definition) is 4. The molecule has 2 aliphatic rings. The first-order valence-corrected chi connectivity index (χ1v) is 9.69.